The molecule has 2 aromatic rings. The van der Waals surface area contributed by atoms with E-state index >= 15 is 0 Å². The quantitative estimate of drug-likeness (QED) is 0.494. The van der Waals surface area contributed by atoms with Gasteiger partial charge in [-0.3, -0.25) is 0 Å². The summed E-state index contributed by atoms with van der Waals surface area (Å²) in [6.45, 7) is 0. The number of hydrogen-bond acceptors (Lipinski definition) is 0. The third-order valence-electron chi connectivity index (χ3n) is 3.00. The molecule has 0 spiro atoms. The highest BCUT2D eigenvalue weighted by Crippen LogP contribution is 2.26. The van der Waals surface area contributed by atoms with Crippen molar-refractivity contribution in [2.24, 2.45) is 0 Å². The molecule has 0 aromatic heterocycles. The second-order valence-electron chi connectivity index (χ2n) is 3.89. The van der Waals surface area contributed by atoms with E-state index in [9.17, 15) is 0 Å². The van der Waals surface area contributed by atoms with Gasteiger partial charge in [-0.25, -0.2) is 0 Å². The predicted molar refractivity (Wildman–Crippen MR) is 64.3 cm³/mol. The summed E-state index contributed by atoms with van der Waals surface area (Å²) in [6, 6.07) is 17.5. The van der Waals surface area contributed by atoms with Crippen molar-refractivity contribution in [3.63, 3.8) is 0 Å². The maximum atomic E-state index is 2.24. The normalized spacial score (nSPS) is 12.3. The first-order valence-corrected chi connectivity index (χ1v) is 5.07. The Hall–Kier alpha value is -0.794. The molecule has 0 saturated carbocycles. The molecule has 0 amide bonds. The monoisotopic (exact) mass is 204 g/mol. The fourth-order valence-electron chi connectivity index (χ4n) is 2.22. The van der Waals surface area contributed by atoms with E-state index in [1.807, 2.05) is 0 Å². The highest BCUT2D eigenvalue weighted by molar-refractivity contribution is 5.75. The zero-order valence-electron chi connectivity index (χ0n) is 8.74. The van der Waals surface area contributed by atoms with Gasteiger partial charge in [0, 0.05) is 23.1 Å². The average molecular weight is 205 g/mol. The van der Waals surface area contributed by atoms with Crippen molar-refractivity contribution in [2.45, 2.75) is 12.8 Å². The molecular formula is C14H12Mg. The summed E-state index contributed by atoms with van der Waals surface area (Å²) in [7, 11) is 0. The van der Waals surface area contributed by atoms with Crippen LogP contribution < -0.4 is 0 Å². The van der Waals surface area contributed by atoms with Crippen LogP contribution in [-0.2, 0) is 12.8 Å². The van der Waals surface area contributed by atoms with E-state index in [4.69, 9.17) is 0 Å². The van der Waals surface area contributed by atoms with Gasteiger partial charge in [0.25, 0.3) is 0 Å². The molecule has 3 rings (SSSR count). The lowest BCUT2D eigenvalue weighted by Gasteiger charge is -2.18. The molecule has 0 atom stereocenters. The third kappa shape index (κ3) is 1.94. The van der Waals surface area contributed by atoms with Crippen LogP contribution in [0, 0.1) is 0 Å². The predicted octanol–water partition coefficient (Wildman–Crippen LogP) is 2.80. The maximum absolute atomic E-state index is 2.24. The van der Waals surface area contributed by atoms with E-state index in [1.165, 1.54) is 22.3 Å². The Morgan fingerprint density at radius 1 is 0.533 bits per heavy atom. The van der Waals surface area contributed by atoms with Gasteiger partial charge in [-0.2, -0.15) is 0 Å². The molecule has 1 aliphatic carbocycles. The van der Waals surface area contributed by atoms with Crippen molar-refractivity contribution < 1.29 is 0 Å². The highest BCUT2D eigenvalue weighted by atomic mass is 24.3. The first kappa shape index (κ1) is 10.7. The van der Waals surface area contributed by atoms with E-state index in [2.05, 4.69) is 48.5 Å². The molecule has 70 valence electrons. The molecule has 1 heteroatoms. The lowest BCUT2D eigenvalue weighted by molar-refractivity contribution is 1.00. The second kappa shape index (κ2) is 4.38. The van der Waals surface area contributed by atoms with Crippen LogP contribution in [0.1, 0.15) is 22.3 Å². The minimum absolute atomic E-state index is 0. The summed E-state index contributed by atoms with van der Waals surface area (Å²) in [4.78, 5) is 0. The summed E-state index contributed by atoms with van der Waals surface area (Å²) >= 11 is 0. The SMILES string of the molecule is [Mg].c1ccc2c(c1)Cc1ccccc1C2. The summed E-state index contributed by atoms with van der Waals surface area (Å²) < 4.78 is 0. The van der Waals surface area contributed by atoms with Crippen molar-refractivity contribution in [1.82, 2.24) is 0 Å². The van der Waals surface area contributed by atoms with E-state index in [1.54, 1.807) is 0 Å². The van der Waals surface area contributed by atoms with Gasteiger partial charge in [-0.05, 0) is 35.1 Å². The second-order valence-corrected chi connectivity index (χ2v) is 3.89. The first-order valence-electron chi connectivity index (χ1n) is 5.07. The molecule has 2 radical (unpaired) electrons. The summed E-state index contributed by atoms with van der Waals surface area (Å²) in [5, 5.41) is 0. The number of rotatable bonds is 0. The standard InChI is InChI=1S/C14H12.Mg/c1-2-6-12-10-14-8-4-3-7-13(14)9-11(12)5-1;/h1-8H,9-10H2;. The Kier molecular flexibility index (Phi) is 3.13. The minimum Gasteiger partial charge on any atom is -0.0620 e. The van der Waals surface area contributed by atoms with Crippen LogP contribution in [0.4, 0.5) is 0 Å². The molecule has 0 saturated heterocycles. The van der Waals surface area contributed by atoms with Crippen LogP contribution in [-0.4, -0.2) is 23.1 Å². The molecule has 15 heavy (non-hydrogen) atoms. The molecule has 0 bridgehead atoms. The van der Waals surface area contributed by atoms with Gasteiger partial charge in [0.05, 0.1) is 0 Å². The molecule has 0 N–H and O–H groups in total. The number of hydrogen-bond donors (Lipinski definition) is 0. The number of benzene rings is 2. The van der Waals surface area contributed by atoms with Crippen LogP contribution in [0.2, 0.25) is 0 Å². The van der Waals surface area contributed by atoms with Gasteiger partial charge in [0.2, 0.25) is 0 Å². The lowest BCUT2D eigenvalue weighted by Crippen LogP contribution is -2.06. The van der Waals surface area contributed by atoms with Crippen LogP contribution in [0.15, 0.2) is 48.5 Å². The van der Waals surface area contributed by atoms with Gasteiger partial charge < -0.3 is 0 Å². The number of fused-ring (bicyclic) bond motifs is 2. The molecule has 2 aromatic carbocycles. The van der Waals surface area contributed by atoms with Gasteiger partial charge in [-0.15, -0.1) is 0 Å². The summed E-state index contributed by atoms with van der Waals surface area (Å²) in [5.41, 5.74) is 5.97. The van der Waals surface area contributed by atoms with Crippen molar-refractivity contribution in [3.8, 4) is 0 Å². The van der Waals surface area contributed by atoms with Crippen molar-refractivity contribution in [2.75, 3.05) is 0 Å². The first-order chi connectivity index (χ1) is 6.93. The van der Waals surface area contributed by atoms with Crippen LogP contribution in [0.25, 0.3) is 0 Å². The van der Waals surface area contributed by atoms with Gasteiger partial charge in [0.15, 0.2) is 0 Å². The Labute approximate surface area is 106 Å². The topological polar surface area (TPSA) is 0 Å². The van der Waals surface area contributed by atoms with Gasteiger partial charge in [-0.1, -0.05) is 48.5 Å². The molecule has 1 aliphatic rings. The van der Waals surface area contributed by atoms with E-state index < -0.39 is 0 Å². The summed E-state index contributed by atoms with van der Waals surface area (Å²) in [6.07, 6.45) is 2.21. The zero-order chi connectivity index (χ0) is 9.38. The Morgan fingerprint density at radius 2 is 0.800 bits per heavy atom. The molecule has 0 heterocycles. The lowest BCUT2D eigenvalue weighted by atomic mass is 9.86. The largest absolute Gasteiger partial charge is 0.0620 e. The molecular weight excluding hydrogens is 192 g/mol. The van der Waals surface area contributed by atoms with E-state index in [0.29, 0.717) is 0 Å². The molecule has 0 aliphatic heterocycles. The smallest absolute Gasteiger partial charge is 0 e. The molecule has 0 unspecified atom stereocenters. The van der Waals surface area contributed by atoms with Crippen molar-refractivity contribution >= 4 is 23.1 Å². The van der Waals surface area contributed by atoms with Gasteiger partial charge >= 0.3 is 0 Å². The Balaban J connectivity index is 0.000000853. The minimum atomic E-state index is 0. The van der Waals surface area contributed by atoms with Crippen LogP contribution in [0.3, 0.4) is 0 Å². The van der Waals surface area contributed by atoms with E-state index in [0.717, 1.165) is 12.8 Å². The highest BCUT2D eigenvalue weighted by Gasteiger charge is 2.12. The molecule has 0 fully saturated rings. The Morgan fingerprint density at radius 3 is 1.07 bits per heavy atom. The Bertz CT molecular complexity index is 387. The van der Waals surface area contributed by atoms with Gasteiger partial charge in [0.1, 0.15) is 0 Å². The average Bonchev–Trinajstić information content (AvgIpc) is 2.26. The fraction of sp³-hybridized carbons (Fsp3) is 0.143. The fourth-order valence-corrected chi connectivity index (χ4v) is 2.22. The van der Waals surface area contributed by atoms with E-state index in [-0.39, 0.29) is 23.1 Å². The maximum Gasteiger partial charge on any atom is 0 e. The third-order valence-corrected chi connectivity index (χ3v) is 3.00. The van der Waals surface area contributed by atoms with Crippen LogP contribution in [0.5, 0.6) is 0 Å². The van der Waals surface area contributed by atoms with Crippen LogP contribution >= 0.6 is 0 Å². The van der Waals surface area contributed by atoms with Crippen molar-refractivity contribution in [1.29, 1.82) is 0 Å². The van der Waals surface area contributed by atoms with Crippen molar-refractivity contribution in [3.05, 3.63) is 70.8 Å². The zero-order valence-corrected chi connectivity index (χ0v) is 10.2. The molecule has 0 nitrogen and oxygen atoms in total. The summed E-state index contributed by atoms with van der Waals surface area (Å²) in [5.74, 6) is 0.